The first-order chi connectivity index (χ1) is 11.4. The average Bonchev–Trinajstić information content (AvgIpc) is 3.08. The Bertz CT molecular complexity index is 532. The van der Waals surface area contributed by atoms with Gasteiger partial charge in [-0.1, -0.05) is 30.7 Å². The van der Waals surface area contributed by atoms with E-state index in [0.29, 0.717) is 23.6 Å². The van der Waals surface area contributed by atoms with Crippen LogP contribution >= 0.6 is 11.6 Å². The van der Waals surface area contributed by atoms with Crippen LogP contribution in [0.4, 0.5) is 0 Å². The van der Waals surface area contributed by atoms with E-state index in [1.807, 2.05) is 18.0 Å². The summed E-state index contributed by atoms with van der Waals surface area (Å²) in [4.78, 5) is 14.6. The third kappa shape index (κ3) is 4.73. The van der Waals surface area contributed by atoms with E-state index in [9.17, 15) is 4.79 Å². The number of carbonyl (C=O) groups is 1. The summed E-state index contributed by atoms with van der Waals surface area (Å²) in [5.41, 5.74) is 2.51. The zero-order chi connectivity index (χ0) is 17.7. The van der Waals surface area contributed by atoms with Crippen molar-refractivity contribution in [1.82, 2.24) is 4.90 Å². The van der Waals surface area contributed by atoms with Crippen LogP contribution in [0.2, 0.25) is 0 Å². The highest BCUT2D eigenvalue weighted by atomic mass is 35.5. The molecule has 0 aromatic heterocycles. The lowest BCUT2D eigenvalue weighted by Crippen LogP contribution is -2.45. The minimum absolute atomic E-state index is 0.154. The Morgan fingerprint density at radius 2 is 2.04 bits per heavy atom. The summed E-state index contributed by atoms with van der Waals surface area (Å²) >= 11 is 5.94. The van der Waals surface area contributed by atoms with Gasteiger partial charge in [-0.2, -0.15) is 0 Å². The van der Waals surface area contributed by atoms with Gasteiger partial charge in [-0.3, -0.25) is 4.79 Å². The van der Waals surface area contributed by atoms with Crippen LogP contribution < -0.4 is 0 Å². The Hall–Kier alpha value is -1.06. The molecule has 2 rings (SSSR count). The molecule has 0 aromatic carbocycles. The fourth-order valence-corrected chi connectivity index (χ4v) is 4.24. The first kappa shape index (κ1) is 19.3. The SMILES string of the molecule is C=C(Cl)/C=C(C)/C(=C\C)[C@@H]1CCCC(N(C)C(=O)[C@@H]2CCCO2)C1. The molecule has 1 amide bonds. The highest BCUT2D eigenvalue weighted by molar-refractivity contribution is 6.30. The Morgan fingerprint density at radius 3 is 2.62 bits per heavy atom. The summed E-state index contributed by atoms with van der Waals surface area (Å²) in [5.74, 6) is 0.627. The zero-order valence-electron chi connectivity index (χ0n) is 15.2. The van der Waals surface area contributed by atoms with Gasteiger partial charge in [-0.25, -0.2) is 0 Å². The van der Waals surface area contributed by atoms with E-state index in [2.05, 4.69) is 26.5 Å². The minimum Gasteiger partial charge on any atom is -0.368 e. The molecule has 1 heterocycles. The first-order valence-corrected chi connectivity index (χ1v) is 9.39. The van der Waals surface area contributed by atoms with Crippen LogP contribution in [-0.2, 0) is 9.53 Å². The molecule has 1 saturated heterocycles. The van der Waals surface area contributed by atoms with E-state index in [1.165, 1.54) is 11.1 Å². The Labute approximate surface area is 151 Å². The van der Waals surface area contributed by atoms with Crippen molar-refractivity contribution in [3.63, 3.8) is 0 Å². The number of nitrogens with zero attached hydrogens (tertiary/aromatic N) is 1. The van der Waals surface area contributed by atoms with Crippen molar-refractivity contribution in [3.8, 4) is 0 Å². The van der Waals surface area contributed by atoms with Gasteiger partial charge in [0, 0.05) is 24.7 Å². The number of halogens is 1. The normalized spacial score (nSPS) is 28.8. The predicted octanol–water partition coefficient (Wildman–Crippen LogP) is 4.83. The number of carbonyl (C=O) groups excluding carboxylic acids is 1. The predicted molar refractivity (Wildman–Crippen MR) is 100.0 cm³/mol. The third-order valence-corrected chi connectivity index (χ3v) is 5.44. The van der Waals surface area contributed by atoms with Gasteiger partial charge in [-0.15, -0.1) is 0 Å². The lowest BCUT2D eigenvalue weighted by Gasteiger charge is -2.37. The maximum atomic E-state index is 12.6. The fourth-order valence-electron chi connectivity index (χ4n) is 4.08. The van der Waals surface area contributed by atoms with Crippen LogP contribution in [0.25, 0.3) is 0 Å². The summed E-state index contributed by atoms with van der Waals surface area (Å²) in [6.07, 6.45) is 10.1. The molecule has 1 aliphatic carbocycles. The highest BCUT2D eigenvalue weighted by Gasteiger charge is 2.33. The summed E-state index contributed by atoms with van der Waals surface area (Å²) in [6, 6.07) is 0.294. The Balaban J connectivity index is 2.04. The zero-order valence-corrected chi connectivity index (χ0v) is 15.9. The van der Waals surface area contributed by atoms with Crippen molar-refractivity contribution in [1.29, 1.82) is 0 Å². The number of likely N-dealkylation sites (N-methyl/N-ethyl adjacent to an activating group) is 1. The topological polar surface area (TPSA) is 29.5 Å². The smallest absolute Gasteiger partial charge is 0.251 e. The Kier molecular flexibility index (Phi) is 7.12. The molecule has 2 aliphatic rings. The van der Waals surface area contributed by atoms with Gasteiger partial charge in [-0.05, 0) is 69.1 Å². The van der Waals surface area contributed by atoms with Crippen LogP contribution in [0, 0.1) is 5.92 Å². The van der Waals surface area contributed by atoms with Gasteiger partial charge in [0.2, 0.25) is 0 Å². The minimum atomic E-state index is -0.224. The van der Waals surface area contributed by atoms with Crippen molar-refractivity contribution < 1.29 is 9.53 Å². The molecule has 0 radical (unpaired) electrons. The van der Waals surface area contributed by atoms with E-state index in [0.717, 1.165) is 38.5 Å². The van der Waals surface area contributed by atoms with E-state index in [1.54, 1.807) is 0 Å². The number of allylic oxidation sites excluding steroid dienone is 5. The van der Waals surface area contributed by atoms with Gasteiger partial charge in [0.25, 0.3) is 5.91 Å². The largest absolute Gasteiger partial charge is 0.368 e. The average molecular weight is 352 g/mol. The molecule has 3 nitrogen and oxygen atoms in total. The van der Waals surface area contributed by atoms with Crippen molar-refractivity contribution in [2.45, 2.75) is 64.5 Å². The maximum absolute atomic E-state index is 12.6. The van der Waals surface area contributed by atoms with Gasteiger partial charge in [0.05, 0.1) is 0 Å². The molecule has 134 valence electrons. The van der Waals surface area contributed by atoms with Gasteiger partial charge in [0.1, 0.15) is 6.10 Å². The lowest BCUT2D eigenvalue weighted by molar-refractivity contribution is -0.142. The molecule has 4 heteroatoms. The molecule has 2 fully saturated rings. The van der Waals surface area contributed by atoms with Crippen molar-refractivity contribution in [3.05, 3.63) is 34.9 Å². The van der Waals surface area contributed by atoms with Crippen LogP contribution in [0.15, 0.2) is 34.9 Å². The third-order valence-electron chi connectivity index (χ3n) is 5.33. The van der Waals surface area contributed by atoms with E-state index < -0.39 is 0 Å². The van der Waals surface area contributed by atoms with Crippen LogP contribution in [0.5, 0.6) is 0 Å². The monoisotopic (exact) mass is 351 g/mol. The number of hydrogen-bond donors (Lipinski definition) is 0. The standard InChI is InChI=1S/C20H30ClNO2/c1-5-18(14(2)12-15(3)21)16-8-6-9-17(13-16)22(4)20(23)19-10-7-11-24-19/h5,12,16-17,19H,3,6-11,13H2,1-2,4H3/b14-12+,18-5+/t16-,17?,19+/m1/s1. The quantitative estimate of drug-likeness (QED) is 0.664. The van der Waals surface area contributed by atoms with Crippen molar-refractivity contribution in [2.24, 2.45) is 5.92 Å². The molecular weight excluding hydrogens is 322 g/mol. The van der Waals surface area contributed by atoms with Crippen molar-refractivity contribution >= 4 is 17.5 Å². The molecule has 0 spiro atoms. The van der Waals surface area contributed by atoms with Gasteiger partial charge < -0.3 is 9.64 Å². The molecule has 24 heavy (non-hydrogen) atoms. The molecule has 0 bridgehead atoms. The maximum Gasteiger partial charge on any atom is 0.251 e. The number of rotatable bonds is 5. The molecule has 1 saturated carbocycles. The summed E-state index contributed by atoms with van der Waals surface area (Å²) < 4.78 is 5.57. The van der Waals surface area contributed by atoms with E-state index in [-0.39, 0.29) is 12.0 Å². The Morgan fingerprint density at radius 1 is 1.29 bits per heavy atom. The van der Waals surface area contributed by atoms with Crippen molar-refractivity contribution in [2.75, 3.05) is 13.7 Å². The van der Waals surface area contributed by atoms with Crippen LogP contribution in [0.1, 0.15) is 52.4 Å². The highest BCUT2D eigenvalue weighted by Crippen LogP contribution is 2.36. The molecule has 1 unspecified atom stereocenters. The number of ether oxygens (including phenoxy) is 1. The van der Waals surface area contributed by atoms with Gasteiger partial charge in [0.15, 0.2) is 0 Å². The summed E-state index contributed by atoms with van der Waals surface area (Å²) in [7, 11) is 1.94. The van der Waals surface area contributed by atoms with Gasteiger partial charge >= 0.3 is 0 Å². The van der Waals surface area contributed by atoms with E-state index >= 15 is 0 Å². The second-order valence-corrected chi connectivity index (χ2v) is 7.47. The second-order valence-electron chi connectivity index (χ2n) is 6.99. The summed E-state index contributed by atoms with van der Waals surface area (Å²) in [5, 5.41) is 0.560. The molecule has 0 aromatic rings. The molecule has 3 atom stereocenters. The summed E-state index contributed by atoms with van der Waals surface area (Å²) in [6.45, 7) is 8.65. The molecular formula is C20H30ClNO2. The fraction of sp³-hybridized carbons (Fsp3) is 0.650. The lowest BCUT2D eigenvalue weighted by atomic mass is 9.78. The first-order valence-electron chi connectivity index (χ1n) is 9.01. The van der Waals surface area contributed by atoms with Crippen LogP contribution in [-0.4, -0.2) is 36.6 Å². The van der Waals surface area contributed by atoms with Crippen LogP contribution in [0.3, 0.4) is 0 Å². The second kappa shape index (κ2) is 8.87. The number of hydrogen-bond acceptors (Lipinski definition) is 2. The van der Waals surface area contributed by atoms with E-state index in [4.69, 9.17) is 16.3 Å². The molecule has 0 N–H and O–H groups in total. The molecule has 1 aliphatic heterocycles. The number of amides is 1.